The van der Waals surface area contributed by atoms with Gasteiger partial charge in [0.2, 0.25) is 11.8 Å². The van der Waals surface area contributed by atoms with Crippen LogP contribution in [0.15, 0.2) is 36.4 Å². The molecule has 2 aromatic carbocycles. The van der Waals surface area contributed by atoms with Crippen LogP contribution in [-0.4, -0.2) is 43.5 Å². The molecule has 180 valence electrons. The Kier molecular flexibility index (Phi) is 10.8. The molecule has 0 aliphatic rings. The van der Waals surface area contributed by atoms with Gasteiger partial charge in [-0.15, -0.1) is 0 Å². The van der Waals surface area contributed by atoms with Gasteiger partial charge in [0.05, 0.1) is 24.3 Å². The van der Waals surface area contributed by atoms with Gasteiger partial charge >= 0.3 is 0 Å². The highest BCUT2D eigenvalue weighted by molar-refractivity contribution is 6.42. The maximum absolute atomic E-state index is 13.3. The summed E-state index contributed by atoms with van der Waals surface area (Å²) in [5.41, 5.74) is 1.74. The minimum absolute atomic E-state index is 0.131. The first-order valence-electron chi connectivity index (χ1n) is 11.0. The second-order valence-electron chi connectivity index (χ2n) is 7.78. The molecule has 0 aromatic heterocycles. The number of unbranched alkanes of at least 4 members (excludes halogenated alkanes) is 1. The van der Waals surface area contributed by atoms with E-state index in [-0.39, 0.29) is 24.8 Å². The van der Waals surface area contributed by atoms with Crippen LogP contribution in [0.3, 0.4) is 0 Å². The summed E-state index contributed by atoms with van der Waals surface area (Å²) in [5, 5.41) is 3.77. The van der Waals surface area contributed by atoms with Gasteiger partial charge < -0.3 is 19.7 Å². The van der Waals surface area contributed by atoms with Crippen molar-refractivity contribution in [2.45, 2.75) is 52.1 Å². The molecule has 0 unspecified atom stereocenters. The van der Waals surface area contributed by atoms with Gasteiger partial charge in [0, 0.05) is 19.5 Å². The van der Waals surface area contributed by atoms with Crippen LogP contribution >= 0.6 is 23.2 Å². The van der Waals surface area contributed by atoms with E-state index in [0.717, 1.165) is 24.0 Å². The summed E-state index contributed by atoms with van der Waals surface area (Å²) in [5.74, 6) is 0.932. The van der Waals surface area contributed by atoms with Crippen molar-refractivity contribution >= 4 is 35.0 Å². The number of halogens is 2. The molecule has 2 rings (SSSR count). The Labute approximate surface area is 206 Å². The number of hydrogen-bond acceptors (Lipinski definition) is 4. The van der Waals surface area contributed by atoms with Gasteiger partial charge in [-0.1, -0.05) is 48.7 Å². The Morgan fingerprint density at radius 2 is 1.70 bits per heavy atom. The van der Waals surface area contributed by atoms with E-state index in [9.17, 15) is 9.59 Å². The van der Waals surface area contributed by atoms with E-state index in [4.69, 9.17) is 32.7 Å². The average molecular weight is 495 g/mol. The summed E-state index contributed by atoms with van der Waals surface area (Å²) in [6, 6.07) is 10.2. The van der Waals surface area contributed by atoms with Crippen molar-refractivity contribution in [3.63, 3.8) is 0 Å². The van der Waals surface area contributed by atoms with Crippen LogP contribution in [0.2, 0.25) is 10.0 Å². The lowest BCUT2D eigenvalue weighted by Gasteiger charge is -2.29. The van der Waals surface area contributed by atoms with E-state index in [0.29, 0.717) is 34.5 Å². The van der Waals surface area contributed by atoms with E-state index < -0.39 is 6.04 Å². The fourth-order valence-corrected chi connectivity index (χ4v) is 3.71. The van der Waals surface area contributed by atoms with Crippen molar-refractivity contribution < 1.29 is 19.1 Å². The lowest BCUT2D eigenvalue weighted by atomic mass is 10.1. The van der Waals surface area contributed by atoms with Gasteiger partial charge in [0.15, 0.2) is 11.5 Å². The van der Waals surface area contributed by atoms with Crippen LogP contribution < -0.4 is 14.8 Å². The number of nitrogens with zero attached hydrogens (tertiary/aromatic N) is 1. The zero-order chi connectivity index (χ0) is 24.4. The molecule has 0 spiro atoms. The van der Waals surface area contributed by atoms with E-state index >= 15 is 0 Å². The highest BCUT2D eigenvalue weighted by Crippen LogP contribution is 2.28. The minimum Gasteiger partial charge on any atom is -0.493 e. The minimum atomic E-state index is -0.630. The second-order valence-corrected chi connectivity index (χ2v) is 8.59. The van der Waals surface area contributed by atoms with Gasteiger partial charge in [0.25, 0.3) is 0 Å². The Balaban J connectivity index is 2.17. The van der Waals surface area contributed by atoms with Crippen molar-refractivity contribution in [1.82, 2.24) is 10.2 Å². The largest absolute Gasteiger partial charge is 0.493 e. The molecular formula is C25H32Cl2N2O4. The monoisotopic (exact) mass is 494 g/mol. The summed E-state index contributed by atoms with van der Waals surface area (Å²) in [6.45, 7) is 4.64. The number of methoxy groups -OCH3 is 2. The van der Waals surface area contributed by atoms with Crippen LogP contribution in [0.25, 0.3) is 0 Å². The van der Waals surface area contributed by atoms with Crippen molar-refractivity contribution in [1.29, 1.82) is 0 Å². The van der Waals surface area contributed by atoms with Gasteiger partial charge in [-0.05, 0) is 55.2 Å². The smallest absolute Gasteiger partial charge is 0.242 e. The van der Waals surface area contributed by atoms with Gasteiger partial charge in [-0.25, -0.2) is 0 Å². The predicted molar refractivity (Wildman–Crippen MR) is 132 cm³/mol. The Hall–Kier alpha value is -2.44. The second kappa shape index (κ2) is 13.3. The van der Waals surface area contributed by atoms with Crippen LogP contribution in [0.5, 0.6) is 11.5 Å². The molecule has 0 saturated carbocycles. The van der Waals surface area contributed by atoms with Crippen molar-refractivity contribution in [3.8, 4) is 11.5 Å². The van der Waals surface area contributed by atoms with Crippen molar-refractivity contribution in [2.24, 2.45) is 0 Å². The number of benzene rings is 2. The number of amides is 2. The molecule has 0 saturated heterocycles. The maximum atomic E-state index is 13.3. The number of carbonyl (C=O) groups excluding carboxylic acids is 2. The van der Waals surface area contributed by atoms with Crippen molar-refractivity contribution in [2.75, 3.05) is 20.8 Å². The molecule has 0 fully saturated rings. The third kappa shape index (κ3) is 7.83. The molecule has 0 bridgehead atoms. The molecule has 33 heavy (non-hydrogen) atoms. The predicted octanol–water partition coefficient (Wildman–Crippen LogP) is 5.28. The Bertz CT molecular complexity index is 952. The van der Waals surface area contributed by atoms with Crippen LogP contribution in [0.1, 0.15) is 44.2 Å². The molecule has 2 amide bonds. The fourth-order valence-electron chi connectivity index (χ4n) is 3.38. The fraction of sp³-hybridized carbons (Fsp3) is 0.440. The first-order chi connectivity index (χ1) is 15.8. The molecule has 0 radical (unpaired) electrons. The van der Waals surface area contributed by atoms with Crippen LogP contribution in [0.4, 0.5) is 0 Å². The van der Waals surface area contributed by atoms with Crippen LogP contribution in [0, 0.1) is 0 Å². The van der Waals surface area contributed by atoms with Gasteiger partial charge in [-0.2, -0.15) is 0 Å². The number of ether oxygens (including phenoxy) is 2. The number of rotatable bonds is 12. The third-order valence-electron chi connectivity index (χ3n) is 5.41. The van der Waals surface area contributed by atoms with E-state index in [2.05, 4.69) is 12.2 Å². The van der Waals surface area contributed by atoms with Gasteiger partial charge in [0.1, 0.15) is 6.04 Å². The quantitative estimate of drug-likeness (QED) is 0.407. The Morgan fingerprint density at radius 1 is 1.00 bits per heavy atom. The topological polar surface area (TPSA) is 67.9 Å². The highest BCUT2D eigenvalue weighted by atomic mass is 35.5. The zero-order valence-corrected chi connectivity index (χ0v) is 21.1. The lowest BCUT2D eigenvalue weighted by Crippen LogP contribution is -2.47. The third-order valence-corrected chi connectivity index (χ3v) is 6.15. The summed E-state index contributed by atoms with van der Waals surface area (Å²) < 4.78 is 10.6. The lowest BCUT2D eigenvalue weighted by molar-refractivity contribution is -0.140. The van der Waals surface area contributed by atoms with E-state index in [1.165, 1.54) is 0 Å². The van der Waals surface area contributed by atoms with Crippen molar-refractivity contribution in [3.05, 3.63) is 57.6 Å². The molecule has 1 atom stereocenters. The summed E-state index contributed by atoms with van der Waals surface area (Å²) in [4.78, 5) is 27.6. The summed E-state index contributed by atoms with van der Waals surface area (Å²) >= 11 is 12.2. The SMILES string of the molecule is CCCCNC(=O)[C@@H](C)N(Cc1ccc(Cl)c(Cl)c1)C(=O)CCc1ccc(OC)c(OC)c1. The number of aryl methyl sites for hydroxylation is 1. The molecule has 0 aliphatic carbocycles. The molecule has 2 aromatic rings. The standard InChI is InChI=1S/C25H32Cl2N2O4/c1-5-6-13-28-25(31)17(2)29(16-19-7-10-20(26)21(27)14-19)24(30)12-9-18-8-11-22(32-3)23(15-18)33-4/h7-8,10-11,14-15,17H,5-6,9,12-13,16H2,1-4H3,(H,28,31)/t17-/m1/s1. The first-order valence-corrected chi connectivity index (χ1v) is 11.8. The molecule has 8 heteroatoms. The molecular weight excluding hydrogens is 463 g/mol. The molecule has 0 heterocycles. The number of carbonyl (C=O) groups is 2. The maximum Gasteiger partial charge on any atom is 0.242 e. The molecule has 1 N–H and O–H groups in total. The normalized spacial score (nSPS) is 11.6. The van der Waals surface area contributed by atoms with Gasteiger partial charge in [-0.3, -0.25) is 9.59 Å². The number of nitrogens with one attached hydrogen (secondary N) is 1. The number of hydrogen-bond donors (Lipinski definition) is 1. The Morgan fingerprint density at radius 3 is 2.33 bits per heavy atom. The first kappa shape index (κ1) is 26.8. The van der Waals surface area contributed by atoms with E-state index in [1.54, 1.807) is 38.2 Å². The zero-order valence-electron chi connectivity index (χ0n) is 19.6. The van der Waals surface area contributed by atoms with E-state index in [1.807, 2.05) is 24.3 Å². The van der Waals surface area contributed by atoms with Crippen LogP contribution in [-0.2, 0) is 22.6 Å². The summed E-state index contributed by atoms with van der Waals surface area (Å²) in [6.07, 6.45) is 2.61. The average Bonchev–Trinajstić information content (AvgIpc) is 2.82. The molecule has 0 aliphatic heterocycles. The highest BCUT2D eigenvalue weighted by Gasteiger charge is 2.26. The molecule has 6 nitrogen and oxygen atoms in total. The summed E-state index contributed by atoms with van der Waals surface area (Å²) in [7, 11) is 3.15.